The monoisotopic (exact) mass is 528 g/mol. The van der Waals surface area contributed by atoms with Crippen molar-refractivity contribution < 1.29 is 50.6 Å². The molecule has 2 rings (SSSR count). The molecule has 9 nitrogen and oxygen atoms in total. The Morgan fingerprint density at radius 3 is 2.08 bits per heavy atom. The largest absolute Gasteiger partial charge is 0.467 e. The third-order valence-corrected chi connectivity index (χ3v) is 5.88. The van der Waals surface area contributed by atoms with Gasteiger partial charge in [-0.1, -0.05) is 6.92 Å². The number of piperazine rings is 1. The van der Waals surface area contributed by atoms with E-state index in [4.69, 9.17) is 0 Å². The van der Waals surface area contributed by atoms with Gasteiger partial charge in [0.1, 0.15) is 5.78 Å². The quantitative estimate of drug-likeness (QED) is 0.384. The number of aliphatic hydroxyl groups is 1. The van der Waals surface area contributed by atoms with E-state index >= 15 is 0 Å². The first-order valence-electron chi connectivity index (χ1n) is 10.9. The van der Waals surface area contributed by atoms with Gasteiger partial charge in [-0.25, -0.2) is 14.8 Å². The maximum atomic E-state index is 13.1. The number of nitrogens with zero attached hydrogens (tertiary/aromatic N) is 4. The fourth-order valence-electron chi connectivity index (χ4n) is 3.55. The lowest BCUT2D eigenvalue weighted by molar-refractivity contribution is -0.262. The van der Waals surface area contributed by atoms with Crippen LogP contribution in [0.15, 0.2) is 12.4 Å². The minimum atomic E-state index is -5.40. The first kappa shape index (κ1) is 29.3. The van der Waals surface area contributed by atoms with E-state index in [1.54, 1.807) is 4.90 Å². The van der Waals surface area contributed by atoms with Gasteiger partial charge in [0.15, 0.2) is 0 Å². The Morgan fingerprint density at radius 1 is 1.06 bits per heavy atom. The maximum absolute atomic E-state index is 13.1. The van der Waals surface area contributed by atoms with E-state index in [0.717, 1.165) is 0 Å². The molecular formula is C21H26F6N4O5. The second-order valence-electron chi connectivity index (χ2n) is 8.42. The van der Waals surface area contributed by atoms with Gasteiger partial charge in [0.2, 0.25) is 11.9 Å². The lowest BCUT2D eigenvalue weighted by atomic mass is 9.88. The summed E-state index contributed by atoms with van der Waals surface area (Å²) < 4.78 is 81.2. The molecule has 1 aromatic rings. The van der Waals surface area contributed by atoms with Gasteiger partial charge in [0.05, 0.1) is 19.1 Å². The van der Waals surface area contributed by atoms with Crippen molar-refractivity contribution in [2.75, 3.05) is 38.2 Å². The number of esters is 1. The highest BCUT2D eigenvalue weighted by molar-refractivity contribution is 5.90. The van der Waals surface area contributed by atoms with E-state index in [-0.39, 0.29) is 57.3 Å². The van der Waals surface area contributed by atoms with Gasteiger partial charge in [-0.05, 0) is 12.8 Å². The van der Waals surface area contributed by atoms with Crippen molar-refractivity contribution in [1.82, 2.24) is 14.9 Å². The van der Waals surface area contributed by atoms with Crippen LogP contribution in [0.2, 0.25) is 0 Å². The minimum Gasteiger partial charge on any atom is -0.467 e. The molecule has 1 amide bonds. The van der Waals surface area contributed by atoms with Crippen molar-refractivity contribution in [1.29, 1.82) is 0 Å². The zero-order valence-corrected chi connectivity index (χ0v) is 19.5. The molecule has 1 saturated heterocycles. The van der Waals surface area contributed by atoms with Crippen LogP contribution in [0.3, 0.4) is 0 Å². The molecule has 1 aliphatic heterocycles. The van der Waals surface area contributed by atoms with Crippen LogP contribution in [0.4, 0.5) is 32.3 Å². The van der Waals surface area contributed by atoms with Gasteiger partial charge in [-0.2, -0.15) is 26.3 Å². The molecule has 2 atom stereocenters. The van der Waals surface area contributed by atoms with E-state index in [1.807, 2.05) is 0 Å². The van der Waals surface area contributed by atoms with Crippen molar-refractivity contribution in [3.63, 3.8) is 0 Å². The predicted octanol–water partition coefficient (Wildman–Crippen LogP) is 2.38. The van der Waals surface area contributed by atoms with Crippen molar-refractivity contribution in [3.05, 3.63) is 18.0 Å². The number of Topliss-reactive ketones (excluding diaryl/α,β-unsaturated/α-hetero) is 1. The molecule has 1 aliphatic rings. The van der Waals surface area contributed by atoms with Crippen molar-refractivity contribution in [2.45, 2.75) is 50.6 Å². The van der Waals surface area contributed by atoms with E-state index in [0.29, 0.717) is 19.5 Å². The normalized spacial score (nSPS) is 17.4. The molecule has 36 heavy (non-hydrogen) atoms. The number of ketones is 1. The Balaban J connectivity index is 1.80. The molecule has 1 N–H and O–H groups in total. The molecule has 202 valence electrons. The molecule has 0 aromatic carbocycles. The number of amides is 1. The molecule has 15 heteroatoms. The van der Waals surface area contributed by atoms with Crippen LogP contribution in [0, 0.1) is 5.92 Å². The molecule has 2 heterocycles. The average molecular weight is 528 g/mol. The third kappa shape index (κ3) is 7.04. The molecule has 0 spiro atoms. The average Bonchev–Trinajstić information content (AvgIpc) is 2.82. The van der Waals surface area contributed by atoms with Gasteiger partial charge < -0.3 is 19.6 Å². The second kappa shape index (κ2) is 11.4. The number of carbonyl (C=O) groups is 3. The molecule has 1 fully saturated rings. The Bertz CT molecular complexity index is 932. The molecule has 0 radical (unpaired) electrons. The topological polar surface area (TPSA) is 113 Å². The van der Waals surface area contributed by atoms with Crippen LogP contribution in [-0.2, 0) is 25.3 Å². The van der Waals surface area contributed by atoms with Crippen LogP contribution >= 0.6 is 0 Å². The number of rotatable bonds is 9. The SMILES string of the molecule is COC(=O)C(O)(CC(=O)C(C)CCCC(=O)N1CCN(c2ncc(C(F)(F)F)cn2)CC1)C(F)(F)F. The Hall–Kier alpha value is -2.97. The standard InChI is InChI=1S/C21H26F6N4O5/c1-13(15(32)10-19(35,17(34)36-2)21(25,26)27)4-3-5-16(33)30-6-8-31(9-7-30)18-28-11-14(12-29-18)20(22,23)24/h11-13,35H,3-10H2,1-2H3. The summed E-state index contributed by atoms with van der Waals surface area (Å²) in [7, 11) is 0.662. The van der Waals surface area contributed by atoms with Crippen LogP contribution < -0.4 is 4.90 Å². The van der Waals surface area contributed by atoms with E-state index in [1.165, 1.54) is 11.8 Å². The minimum absolute atomic E-state index is 0.00887. The molecular weight excluding hydrogens is 502 g/mol. The number of methoxy groups -OCH3 is 1. The van der Waals surface area contributed by atoms with Crippen molar-refractivity contribution in [2.24, 2.45) is 5.92 Å². The number of aromatic nitrogens is 2. The van der Waals surface area contributed by atoms with Crippen molar-refractivity contribution >= 4 is 23.6 Å². The summed E-state index contributed by atoms with van der Waals surface area (Å²) in [6.07, 6.45) is -9.84. The molecule has 0 aliphatic carbocycles. The van der Waals surface area contributed by atoms with E-state index < -0.39 is 47.6 Å². The number of hydrogen-bond donors (Lipinski definition) is 1. The predicted molar refractivity (Wildman–Crippen MR) is 111 cm³/mol. The molecule has 0 saturated carbocycles. The van der Waals surface area contributed by atoms with Crippen LogP contribution in [0.1, 0.15) is 38.2 Å². The summed E-state index contributed by atoms with van der Waals surface area (Å²) in [6, 6.07) is 0. The number of hydrogen-bond acceptors (Lipinski definition) is 8. The first-order chi connectivity index (χ1) is 16.6. The zero-order chi connectivity index (χ0) is 27.3. The number of alkyl halides is 6. The highest BCUT2D eigenvalue weighted by Gasteiger charge is 2.61. The summed E-state index contributed by atoms with van der Waals surface area (Å²) in [5.41, 5.74) is -4.92. The Morgan fingerprint density at radius 2 is 1.61 bits per heavy atom. The summed E-state index contributed by atoms with van der Waals surface area (Å²) >= 11 is 0. The molecule has 0 bridgehead atoms. The summed E-state index contributed by atoms with van der Waals surface area (Å²) in [5, 5.41) is 9.73. The lowest BCUT2D eigenvalue weighted by Crippen LogP contribution is -2.54. The Kier molecular flexibility index (Phi) is 9.26. The maximum Gasteiger partial charge on any atom is 0.428 e. The van der Waals surface area contributed by atoms with Gasteiger partial charge in [0, 0.05) is 50.9 Å². The van der Waals surface area contributed by atoms with Gasteiger partial charge in [-0.3, -0.25) is 9.59 Å². The van der Waals surface area contributed by atoms with E-state index in [2.05, 4.69) is 14.7 Å². The lowest BCUT2D eigenvalue weighted by Gasteiger charge is -2.34. The molecule has 2 unspecified atom stereocenters. The second-order valence-corrected chi connectivity index (χ2v) is 8.42. The summed E-state index contributed by atoms with van der Waals surface area (Å²) in [6.45, 7) is 2.43. The van der Waals surface area contributed by atoms with Crippen molar-refractivity contribution in [3.8, 4) is 0 Å². The smallest absolute Gasteiger partial charge is 0.428 e. The van der Waals surface area contributed by atoms with Gasteiger partial charge in [0.25, 0.3) is 5.60 Å². The summed E-state index contributed by atoms with van der Waals surface area (Å²) in [5.74, 6) is -4.09. The van der Waals surface area contributed by atoms with Gasteiger partial charge in [-0.15, -0.1) is 0 Å². The summed E-state index contributed by atoms with van der Waals surface area (Å²) in [4.78, 5) is 46.7. The highest BCUT2D eigenvalue weighted by atomic mass is 19.4. The molecule has 1 aromatic heterocycles. The zero-order valence-electron chi connectivity index (χ0n) is 19.5. The number of ether oxygens (including phenoxy) is 1. The first-order valence-corrected chi connectivity index (χ1v) is 10.9. The number of anilines is 1. The highest BCUT2D eigenvalue weighted by Crippen LogP contribution is 2.35. The van der Waals surface area contributed by atoms with Crippen LogP contribution in [0.25, 0.3) is 0 Å². The third-order valence-electron chi connectivity index (χ3n) is 5.88. The van der Waals surface area contributed by atoms with E-state index in [9.17, 15) is 45.8 Å². The number of halogens is 6. The Labute approximate surface area is 202 Å². The number of carbonyl (C=O) groups excluding carboxylic acids is 3. The fourth-order valence-corrected chi connectivity index (χ4v) is 3.55. The van der Waals surface area contributed by atoms with Crippen LogP contribution in [-0.4, -0.2) is 82.7 Å². The van der Waals surface area contributed by atoms with Gasteiger partial charge >= 0.3 is 18.3 Å². The van der Waals surface area contributed by atoms with Crippen LogP contribution in [0.5, 0.6) is 0 Å². The fraction of sp³-hybridized carbons (Fsp3) is 0.667.